The minimum atomic E-state index is -0.245. The zero-order chi connectivity index (χ0) is 16.1. The summed E-state index contributed by atoms with van der Waals surface area (Å²) in [6.07, 6.45) is 0. The van der Waals surface area contributed by atoms with Crippen molar-refractivity contribution < 1.29 is 10.1 Å². The van der Waals surface area contributed by atoms with Gasteiger partial charge in [0.15, 0.2) is 6.04 Å². The second-order valence-electron chi connectivity index (χ2n) is 5.29. The van der Waals surface area contributed by atoms with Crippen LogP contribution in [0.2, 0.25) is 10.0 Å². The fourth-order valence-electron chi connectivity index (χ4n) is 2.23. The standard InChI is InChI=1S/C17H18Cl2N2O/c1-11(13-6-4-3-5-7-13)20-12(2)17(22)21-16-10-14(18)8-9-15(16)19/h3-12,20H,1-2H3,(H,21,22)/p+1/t11-,12-/m0/s1. The number of carbonyl (C=O) groups excluding carboxylic acids is 1. The smallest absolute Gasteiger partial charge is 0.282 e. The lowest BCUT2D eigenvalue weighted by atomic mass is 10.1. The number of quaternary nitrogens is 1. The first-order chi connectivity index (χ1) is 10.5. The Balaban J connectivity index is 1.99. The Morgan fingerprint density at radius 2 is 1.77 bits per heavy atom. The number of hydrogen-bond donors (Lipinski definition) is 2. The van der Waals surface area contributed by atoms with Crippen LogP contribution in [0.3, 0.4) is 0 Å². The predicted octanol–water partition coefficient (Wildman–Crippen LogP) is 3.65. The fraction of sp³-hybridized carbons (Fsp3) is 0.235. The van der Waals surface area contributed by atoms with Gasteiger partial charge in [-0.25, -0.2) is 0 Å². The molecule has 3 N–H and O–H groups in total. The van der Waals surface area contributed by atoms with Gasteiger partial charge in [-0.3, -0.25) is 4.79 Å². The summed E-state index contributed by atoms with van der Waals surface area (Å²) < 4.78 is 0. The van der Waals surface area contributed by atoms with E-state index in [1.165, 1.54) is 5.56 Å². The summed E-state index contributed by atoms with van der Waals surface area (Å²) in [6.45, 7) is 3.94. The third kappa shape index (κ3) is 4.47. The molecule has 0 spiro atoms. The van der Waals surface area contributed by atoms with E-state index in [1.807, 2.05) is 30.4 Å². The number of halogens is 2. The first-order valence-corrected chi connectivity index (χ1v) is 7.89. The largest absolute Gasteiger partial charge is 0.330 e. The maximum absolute atomic E-state index is 12.3. The van der Waals surface area contributed by atoms with Crippen molar-refractivity contribution in [3.05, 3.63) is 64.1 Å². The number of nitrogens with one attached hydrogen (secondary N) is 1. The minimum absolute atomic E-state index is 0.105. The van der Waals surface area contributed by atoms with Crippen molar-refractivity contribution in [1.29, 1.82) is 0 Å². The van der Waals surface area contributed by atoms with Crippen LogP contribution in [0.5, 0.6) is 0 Å². The second kappa shape index (κ2) is 7.63. The van der Waals surface area contributed by atoms with E-state index in [0.29, 0.717) is 15.7 Å². The highest BCUT2D eigenvalue weighted by molar-refractivity contribution is 6.35. The highest BCUT2D eigenvalue weighted by Gasteiger charge is 2.21. The number of benzene rings is 2. The van der Waals surface area contributed by atoms with E-state index < -0.39 is 0 Å². The molecule has 0 radical (unpaired) electrons. The van der Waals surface area contributed by atoms with Gasteiger partial charge in [0.1, 0.15) is 6.04 Å². The Hall–Kier alpha value is -1.55. The van der Waals surface area contributed by atoms with Crippen LogP contribution in [0, 0.1) is 0 Å². The van der Waals surface area contributed by atoms with Gasteiger partial charge in [0.2, 0.25) is 0 Å². The average Bonchev–Trinajstić information content (AvgIpc) is 2.51. The molecule has 3 nitrogen and oxygen atoms in total. The summed E-state index contributed by atoms with van der Waals surface area (Å²) in [5.74, 6) is -0.105. The molecule has 0 aliphatic rings. The number of nitrogens with two attached hydrogens (primary N) is 1. The van der Waals surface area contributed by atoms with Crippen molar-refractivity contribution in [3.8, 4) is 0 Å². The van der Waals surface area contributed by atoms with Crippen LogP contribution in [0.15, 0.2) is 48.5 Å². The summed E-state index contributed by atoms with van der Waals surface area (Å²) in [4.78, 5) is 12.3. The summed E-state index contributed by atoms with van der Waals surface area (Å²) in [6, 6.07) is 15.0. The minimum Gasteiger partial charge on any atom is -0.330 e. The van der Waals surface area contributed by atoms with Crippen LogP contribution in [-0.2, 0) is 4.79 Å². The highest BCUT2D eigenvalue weighted by Crippen LogP contribution is 2.25. The molecule has 22 heavy (non-hydrogen) atoms. The Morgan fingerprint density at radius 1 is 1.09 bits per heavy atom. The Labute approximate surface area is 140 Å². The topological polar surface area (TPSA) is 45.7 Å². The van der Waals surface area contributed by atoms with E-state index in [1.54, 1.807) is 18.2 Å². The molecule has 0 saturated carbocycles. The van der Waals surface area contributed by atoms with Gasteiger partial charge in [-0.1, -0.05) is 53.5 Å². The molecule has 5 heteroatoms. The lowest BCUT2D eigenvalue weighted by molar-refractivity contribution is -0.709. The molecule has 0 saturated heterocycles. The fourth-order valence-corrected chi connectivity index (χ4v) is 2.56. The zero-order valence-corrected chi connectivity index (χ0v) is 14.0. The zero-order valence-electron chi connectivity index (χ0n) is 12.5. The van der Waals surface area contributed by atoms with Crippen molar-refractivity contribution in [3.63, 3.8) is 0 Å². The number of amides is 1. The van der Waals surface area contributed by atoms with Gasteiger partial charge in [0.05, 0.1) is 10.7 Å². The van der Waals surface area contributed by atoms with E-state index >= 15 is 0 Å². The molecule has 0 bridgehead atoms. The molecule has 2 aromatic rings. The first-order valence-electron chi connectivity index (χ1n) is 7.13. The lowest BCUT2D eigenvalue weighted by Crippen LogP contribution is -2.91. The van der Waals surface area contributed by atoms with E-state index in [4.69, 9.17) is 23.2 Å². The maximum atomic E-state index is 12.3. The van der Waals surface area contributed by atoms with Crippen molar-refractivity contribution in [1.82, 2.24) is 0 Å². The Kier molecular flexibility index (Phi) is 5.83. The highest BCUT2D eigenvalue weighted by atomic mass is 35.5. The molecule has 0 unspecified atom stereocenters. The van der Waals surface area contributed by atoms with Gasteiger partial charge in [0, 0.05) is 10.6 Å². The van der Waals surface area contributed by atoms with Crippen molar-refractivity contribution >= 4 is 34.8 Å². The van der Waals surface area contributed by atoms with Gasteiger partial charge >= 0.3 is 0 Å². The van der Waals surface area contributed by atoms with Crippen LogP contribution in [-0.4, -0.2) is 11.9 Å². The van der Waals surface area contributed by atoms with Crippen LogP contribution >= 0.6 is 23.2 Å². The van der Waals surface area contributed by atoms with Crippen LogP contribution in [0.1, 0.15) is 25.5 Å². The first kappa shape index (κ1) is 16.8. The number of rotatable bonds is 5. The molecule has 0 heterocycles. The molecule has 0 fully saturated rings. The summed E-state index contributed by atoms with van der Waals surface area (Å²) in [7, 11) is 0. The predicted molar refractivity (Wildman–Crippen MR) is 91.3 cm³/mol. The Morgan fingerprint density at radius 3 is 2.45 bits per heavy atom. The van der Waals surface area contributed by atoms with Crippen molar-refractivity contribution in [2.24, 2.45) is 0 Å². The molecule has 2 rings (SSSR count). The summed E-state index contributed by atoms with van der Waals surface area (Å²) in [5, 5.41) is 5.85. The van der Waals surface area contributed by atoms with Crippen molar-refractivity contribution in [2.75, 3.05) is 5.32 Å². The summed E-state index contributed by atoms with van der Waals surface area (Å²) in [5.41, 5.74) is 1.72. The molecule has 2 atom stereocenters. The molecular formula is C17H19Cl2N2O+. The normalized spacial score (nSPS) is 13.5. The maximum Gasteiger partial charge on any atom is 0.282 e. The van der Waals surface area contributed by atoms with Gasteiger partial charge in [-0.15, -0.1) is 0 Å². The number of anilines is 1. The molecule has 0 aliphatic heterocycles. The third-order valence-electron chi connectivity index (χ3n) is 3.50. The average molecular weight is 338 g/mol. The number of hydrogen-bond acceptors (Lipinski definition) is 1. The molecule has 0 aliphatic carbocycles. The van der Waals surface area contributed by atoms with E-state index in [-0.39, 0.29) is 18.0 Å². The van der Waals surface area contributed by atoms with Crippen LogP contribution in [0.25, 0.3) is 0 Å². The molecule has 1 amide bonds. The molecule has 116 valence electrons. The quantitative estimate of drug-likeness (QED) is 0.859. The van der Waals surface area contributed by atoms with Gasteiger partial charge < -0.3 is 10.6 Å². The lowest BCUT2D eigenvalue weighted by Gasteiger charge is -2.17. The molecular weight excluding hydrogens is 319 g/mol. The van der Waals surface area contributed by atoms with Crippen molar-refractivity contribution in [2.45, 2.75) is 25.9 Å². The Bertz CT molecular complexity index is 646. The molecule has 2 aromatic carbocycles. The monoisotopic (exact) mass is 337 g/mol. The van der Waals surface area contributed by atoms with E-state index in [0.717, 1.165) is 0 Å². The van der Waals surface area contributed by atoms with E-state index in [9.17, 15) is 4.79 Å². The molecule has 0 aromatic heterocycles. The van der Waals surface area contributed by atoms with Gasteiger partial charge in [0.25, 0.3) is 5.91 Å². The SMILES string of the molecule is C[C@H]([NH2+][C@@H](C)c1ccccc1)C(=O)Nc1cc(Cl)ccc1Cl. The second-order valence-corrected chi connectivity index (χ2v) is 6.14. The van der Waals surface area contributed by atoms with Crippen LogP contribution in [0.4, 0.5) is 5.69 Å². The van der Waals surface area contributed by atoms with Gasteiger partial charge in [-0.2, -0.15) is 0 Å². The van der Waals surface area contributed by atoms with Gasteiger partial charge in [-0.05, 0) is 32.0 Å². The van der Waals surface area contributed by atoms with Crippen LogP contribution < -0.4 is 10.6 Å². The number of carbonyl (C=O) groups is 1. The third-order valence-corrected chi connectivity index (χ3v) is 4.07. The van der Waals surface area contributed by atoms with E-state index in [2.05, 4.69) is 24.4 Å². The summed E-state index contributed by atoms with van der Waals surface area (Å²) >= 11 is 12.0.